The first kappa shape index (κ1) is 20.6. The molecule has 0 aliphatic carbocycles. The maximum atomic E-state index is 5.80. The van der Waals surface area contributed by atoms with Gasteiger partial charge in [-0.2, -0.15) is 4.98 Å². The Morgan fingerprint density at radius 2 is 1.86 bits per heavy atom. The summed E-state index contributed by atoms with van der Waals surface area (Å²) >= 11 is 0. The lowest BCUT2D eigenvalue weighted by molar-refractivity contribution is 0.115. The monoisotopic (exact) mass is 389 g/mol. The van der Waals surface area contributed by atoms with Crippen LogP contribution in [0.15, 0.2) is 77.3 Å². The number of ether oxygens (including phenoxy) is 1. The van der Waals surface area contributed by atoms with Gasteiger partial charge in [0.25, 0.3) is 5.89 Å². The molecule has 0 radical (unpaired) electrons. The molecule has 1 unspecified atom stereocenters. The van der Waals surface area contributed by atoms with Crippen LogP contribution in [0.1, 0.15) is 32.2 Å². The van der Waals surface area contributed by atoms with E-state index in [9.17, 15) is 0 Å². The summed E-state index contributed by atoms with van der Waals surface area (Å²) in [5, 5.41) is 7.52. The van der Waals surface area contributed by atoms with Gasteiger partial charge in [-0.3, -0.25) is 0 Å². The highest BCUT2D eigenvalue weighted by Gasteiger charge is 2.11. The molecule has 5 heteroatoms. The van der Waals surface area contributed by atoms with E-state index in [1.165, 1.54) is 5.56 Å². The molecule has 1 heterocycles. The molecule has 5 nitrogen and oxygen atoms in total. The number of aromatic nitrogens is 2. The molecule has 0 saturated heterocycles. The Bertz CT molecular complexity index is 944. The van der Waals surface area contributed by atoms with Gasteiger partial charge in [0.2, 0.25) is 5.82 Å². The van der Waals surface area contributed by atoms with Crippen LogP contribution in [0.5, 0.6) is 0 Å². The third kappa shape index (κ3) is 5.90. The van der Waals surface area contributed by atoms with E-state index in [0.29, 0.717) is 24.9 Å². The summed E-state index contributed by atoms with van der Waals surface area (Å²) < 4.78 is 11.2. The van der Waals surface area contributed by atoms with Gasteiger partial charge in [-0.15, -0.1) is 0 Å². The van der Waals surface area contributed by atoms with Gasteiger partial charge in [0.05, 0.1) is 13.2 Å². The quantitative estimate of drug-likeness (QED) is 0.473. The van der Waals surface area contributed by atoms with E-state index in [4.69, 9.17) is 9.26 Å². The van der Waals surface area contributed by atoms with Crippen molar-refractivity contribution >= 4 is 11.3 Å². The molecular weight excluding hydrogens is 362 g/mol. The highest BCUT2D eigenvalue weighted by molar-refractivity contribution is 5.70. The van der Waals surface area contributed by atoms with E-state index < -0.39 is 0 Å². The number of allylic oxidation sites excluding steroid dienone is 4. The summed E-state index contributed by atoms with van der Waals surface area (Å²) in [6.45, 7) is 7.26. The predicted octanol–water partition coefficient (Wildman–Crippen LogP) is 5.73. The van der Waals surface area contributed by atoms with Crippen molar-refractivity contribution in [3.8, 4) is 11.5 Å². The highest BCUT2D eigenvalue weighted by atomic mass is 16.5. The zero-order chi connectivity index (χ0) is 20.5. The Morgan fingerprint density at radius 3 is 2.55 bits per heavy atom. The first-order valence-corrected chi connectivity index (χ1v) is 9.81. The topological polar surface area (TPSA) is 60.2 Å². The summed E-state index contributed by atoms with van der Waals surface area (Å²) in [7, 11) is 0. The standard InChI is InChI=1S/C24H27N3O2/c1-4-9-20(5-2)23-26-24(29-27-23)21-12-14-22(15-13-21)25-18(3)16-28-17-19-10-7-6-8-11-19/h4-15,18,25H,16-17H2,1-3H3. The molecule has 1 N–H and O–H groups in total. The van der Waals surface area contributed by atoms with Crippen LogP contribution >= 0.6 is 0 Å². The molecule has 150 valence electrons. The number of nitrogens with one attached hydrogen (secondary N) is 1. The first-order chi connectivity index (χ1) is 14.2. The van der Waals surface area contributed by atoms with E-state index in [0.717, 1.165) is 16.8 Å². The lowest BCUT2D eigenvalue weighted by Gasteiger charge is -2.15. The minimum Gasteiger partial charge on any atom is -0.380 e. The average Bonchev–Trinajstić information content (AvgIpc) is 3.23. The maximum Gasteiger partial charge on any atom is 0.258 e. The second kappa shape index (κ2) is 10.4. The van der Waals surface area contributed by atoms with Gasteiger partial charge in [-0.1, -0.05) is 53.7 Å². The molecule has 0 aliphatic rings. The lowest BCUT2D eigenvalue weighted by atomic mass is 10.2. The summed E-state index contributed by atoms with van der Waals surface area (Å²) in [4.78, 5) is 4.49. The van der Waals surface area contributed by atoms with E-state index >= 15 is 0 Å². The summed E-state index contributed by atoms with van der Waals surface area (Å²) in [6.07, 6.45) is 5.88. The van der Waals surface area contributed by atoms with Crippen LogP contribution < -0.4 is 5.32 Å². The molecule has 2 aromatic carbocycles. The van der Waals surface area contributed by atoms with Gasteiger partial charge in [-0.05, 0) is 50.6 Å². The average molecular weight is 389 g/mol. The molecule has 0 aliphatic heterocycles. The van der Waals surface area contributed by atoms with Crippen LogP contribution in [0, 0.1) is 0 Å². The number of hydrogen-bond acceptors (Lipinski definition) is 5. The summed E-state index contributed by atoms with van der Waals surface area (Å²) in [6, 6.07) is 18.3. The van der Waals surface area contributed by atoms with E-state index in [2.05, 4.69) is 34.5 Å². The number of anilines is 1. The van der Waals surface area contributed by atoms with Crippen molar-refractivity contribution in [3.05, 3.63) is 84.2 Å². The number of rotatable bonds is 9. The van der Waals surface area contributed by atoms with Gasteiger partial charge in [0.1, 0.15) is 0 Å². The Labute approximate surface area is 172 Å². The molecule has 0 fully saturated rings. The molecule has 29 heavy (non-hydrogen) atoms. The largest absolute Gasteiger partial charge is 0.380 e. The fourth-order valence-corrected chi connectivity index (χ4v) is 2.90. The highest BCUT2D eigenvalue weighted by Crippen LogP contribution is 2.22. The van der Waals surface area contributed by atoms with Crippen molar-refractivity contribution in [2.75, 3.05) is 11.9 Å². The van der Waals surface area contributed by atoms with Crippen molar-refractivity contribution in [2.24, 2.45) is 0 Å². The normalized spacial score (nSPS) is 13.0. The van der Waals surface area contributed by atoms with Crippen molar-refractivity contribution < 1.29 is 9.26 Å². The van der Waals surface area contributed by atoms with E-state index in [-0.39, 0.29) is 6.04 Å². The zero-order valence-corrected chi connectivity index (χ0v) is 17.1. The Hall–Kier alpha value is -3.18. The first-order valence-electron chi connectivity index (χ1n) is 9.81. The van der Waals surface area contributed by atoms with Crippen LogP contribution in [-0.4, -0.2) is 22.8 Å². The van der Waals surface area contributed by atoms with Crippen LogP contribution in [0.2, 0.25) is 0 Å². The minimum absolute atomic E-state index is 0.192. The third-order valence-corrected chi connectivity index (χ3v) is 4.37. The molecule has 1 aromatic heterocycles. The van der Waals surface area contributed by atoms with Crippen LogP contribution in [0.3, 0.4) is 0 Å². The lowest BCUT2D eigenvalue weighted by Crippen LogP contribution is -2.21. The van der Waals surface area contributed by atoms with Crippen molar-refractivity contribution in [1.82, 2.24) is 10.1 Å². The maximum absolute atomic E-state index is 5.80. The minimum atomic E-state index is 0.192. The SMILES string of the molecule is CC=CC(=CC)c1noc(-c2ccc(NC(C)COCc3ccccc3)cc2)n1. The van der Waals surface area contributed by atoms with Crippen molar-refractivity contribution in [1.29, 1.82) is 0 Å². The van der Waals surface area contributed by atoms with Crippen molar-refractivity contribution in [3.63, 3.8) is 0 Å². The molecule has 0 bridgehead atoms. The molecule has 0 amide bonds. The molecular formula is C24H27N3O2. The van der Waals surface area contributed by atoms with Crippen molar-refractivity contribution in [2.45, 2.75) is 33.4 Å². The van der Waals surface area contributed by atoms with Gasteiger partial charge in [0, 0.05) is 22.9 Å². The van der Waals surface area contributed by atoms with Gasteiger partial charge in [0.15, 0.2) is 0 Å². The van der Waals surface area contributed by atoms with Crippen LogP contribution in [0.4, 0.5) is 5.69 Å². The molecule has 0 saturated carbocycles. The van der Waals surface area contributed by atoms with Gasteiger partial charge in [-0.25, -0.2) is 0 Å². The Balaban J connectivity index is 1.54. The fraction of sp³-hybridized carbons (Fsp3) is 0.250. The fourth-order valence-electron chi connectivity index (χ4n) is 2.90. The molecule has 3 aromatic rings. The van der Waals surface area contributed by atoms with E-state index in [1.807, 2.05) is 74.5 Å². The Kier molecular flexibility index (Phi) is 7.36. The van der Waals surface area contributed by atoms with Gasteiger partial charge >= 0.3 is 0 Å². The van der Waals surface area contributed by atoms with Crippen LogP contribution in [0.25, 0.3) is 17.0 Å². The summed E-state index contributed by atoms with van der Waals surface area (Å²) in [5.74, 6) is 1.10. The smallest absolute Gasteiger partial charge is 0.258 e. The second-order valence-electron chi connectivity index (χ2n) is 6.79. The number of nitrogens with zero attached hydrogens (tertiary/aromatic N) is 2. The predicted molar refractivity (Wildman–Crippen MR) is 117 cm³/mol. The molecule has 1 atom stereocenters. The molecule has 0 spiro atoms. The number of hydrogen-bond donors (Lipinski definition) is 1. The number of benzene rings is 2. The molecule has 3 rings (SSSR count). The van der Waals surface area contributed by atoms with Crippen LogP contribution in [-0.2, 0) is 11.3 Å². The second-order valence-corrected chi connectivity index (χ2v) is 6.79. The zero-order valence-electron chi connectivity index (χ0n) is 17.1. The Morgan fingerprint density at radius 1 is 1.10 bits per heavy atom. The third-order valence-electron chi connectivity index (χ3n) is 4.37. The van der Waals surface area contributed by atoms with Gasteiger partial charge < -0.3 is 14.6 Å². The van der Waals surface area contributed by atoms with E-state index in [1.54, 1.807) is 0 Å². The summed E-state index contributed by atoms with van der Waals surface area (Å²) in [5.41, 5.74) is 4.02.